The van der Waals surface area contributed by atoms with Crippen molar-refractivity contribution >= 4 is 16.2 Å². The van der Waals surface area contributed by atoms with Gasteiger partial charge in [-0.05, 0) is 13.8 Å². The maximum atomic E-state index is 11.4. The molecule has 0 heterocycles. The SMILES string of the molecule is CC[N+](CC)(CCC(=O)OC)S(N)(=O)=O.[OH-]. The van der Waals surface area contributed by atoms with Crippen molar-refractivity contribution in [1.29, 1.82) is 0 Å². The lowest BCUT2D eigenvalue weighted by molar-refractivity contribution is -0.802. The van der Waals surface area contributed by atoms with E-state index in [1.54, 1.807) is 13.8 Å². The molecule has 0 aliphatic heterocycles. The number of rotatable bonds is 6. The molecule has 0 spiro atoms. The summed E-state index contributed by atoms with van der Waals surface area (Å²) in [4.78, 5) is 10.9. The average Bonchev–Trinajstić information content (AvgIpc) is 2.17. The van der Waals surface area contributed by atoms with Gasteiger partial charge in [-0.25, -0.2) is 3.89 Å². The predicted octanol–water partition coefficient (Wildman–Crippen LogP) is -0.567. The average molecular weight is 256 g/mol. The second kappa shape index (κ2) is 6.79. The summed E-state index contributed by atoms with van der Waals surface area (Å²) >= 11 is 0. The highest BCUT2D eigenvalue weighted by Gasteiger charge is 2.36. The molecule has 0 aliphatic carbocycles. The van der Waals surface area contributed by atoms with E-state index in [2.05, 4.69) is 4.74 Å². The zero-order chi connectivity index (χ0) is 12.1. The fourth-order valence-corrected chi connectivity index (χ4v) is 2.49. The second-order valence-electron chi connectivity index (χ2n) is 3.26. The van der Waals surface area contributed by atoms with Crippen LogP contribution in [0, 0.1) is 0 Å². The smallest absolute Gasteiger partial charge is 0.367 e. The van der Waals surface area contributed by atoms with Gasteiger partial charge in [0.25, 0.3) is 0 Å². The number of ether oxygens (including phenoxy) is 1. The Kier molecular flexibility index (Phi) is 7.51. The molecule has 8 heteroatoms. The number of methoxy groups -OCH3 is 1. The topological polar surface area (TPSA) is 116 Å². The Morgan fingerprint density at radius 1 is 1.31 bits per heavy atom. The lowest BCUT2D eigenvalue weighted by Crippen LogP contribution is -2.56. The van der Waals surface area contributed by atoms with E-state index in [-0.39, 0.29) is 22.3 Å². The molecule has 0 radical (unpaired) electrons. The number of nitrogens with zero attached hydrogens (tertiary/aromatic N) is 1. The molecule has 98 valence electrons. The Balaban J connectivity index is 0. The van der Waals surface area contributed by atoms with Gasteiger partial charge in [0.15, 0.2) is 0 Å². The molecule has 7 nitrogen and oxygen atoms in total. The zero-order valence-corrected chi connectivity index (χ0v) is 10.7. The van der Waals surface area contributed by atoms with Gasteiger partial charge in [0.05, 0.1) is 26.6 Å². The van der Waals surface area contributed by atoms with Crippen LogP contribution in [0.1, 0.15) is 20.3 Å². The standard InChI is InChI=1S/C8H19N2O4S.H2O/c1-4-10(5-2,15(9,12)13)7-6-8(11)14-3;/h4-7H2,1-3H3,(H2,9,12,13);1H2/q+1;/p-1. The minimum atomic E-state index is -3.70. The summed E-state index contributed by atoms with van der Waals surface area (Å²) in [5, 5.41) is 5.16. The molecule has 3 N–H and O–H groups in total. The van der Waals surface area contributed by atoms with Crippen molar-refractivity contribution in [2.75, 3.05) is 26.7 Å². The highest BCUT2D eigenvalue weighted by molar-refractivity contribution is 7.83. The summed E-state index contributed by atoms with van der Waals surface area (Å²) < 4.78 is 27.0. The van der Waals surface area contributed by atoms with Gasteiger partial charge in [0.2, 0.25) is 0 Å². The molecular formula is C8H20N2O5S. The fraction of sp³-hybridized carbons (Fsp3) is 0.875. The van der Waals surface area contributed by atoms with E-state index in [0.29, 0.717) is 13.1 Å². The Morgan fingerprint density at radius 3 is 2.00 bits per heavy atom. The first-order valence-corrected chi connectivity index (χ1v) is 6.29. The minimum Gasteiger partial charge on any atom is -0.870 e. The van der Waals surface area contributed by atoms with Crippen LogP contribution >= 0.6 is 0 Å². The predicted molar refractivity (Wildman–Crippen MR) is 57.9 cm³/mol. The highest BCUT2D eigenvalue weighted by atomic mass is 32.2. The molecule has 0 amide bonds. The van der Waals surface area contributed by atoms with Crippen molar-refractivity contribution in [3.8, 4) is 0 Å². The second-order valence-corrected chi connectivity index (χ2v) is 5.06. The number of carbonyl (C=O) groups is 1. The van der Waals surface area contributed by atoms with Crippen LogP contribution in [-0.4, -0.2) is 50.5 Å². The summed E-state index contributed by atoms with van der Waals surface area (Å²) in [6.45, 7) is 4.29. The summed E-state index contributed by atoms with van der Waals surface area (Å²) in [6, 6.07) is 0. The van der Waals surface area contributed by atoms with Gasteiger partial charge >= 0.3 is 16.2 Å². The van der Waals surface area contributed by atoms with Crippen molar-refractivity contribution in [3.63, 3.8) is 0 Å². The first-order chi connectivity index (χ1) is 6.83. The molecule has 0 fully saturated rings. The van der Waals surface area contributed by atoms with Gasteiger partial charge < -0.3 is 10.2 Å². The van der Waals surface area contributed by atoms with E-state index in [4.69, 9.17) is 5.14 Å². The molecular weight excluding hydrogens is 236 g/mol. The number of hydrogen-bond donors (Lipinski definition) is 1. The van der Waals surface area contributed by atoms with Crippen LogP contribution < -0.4 is 5.14 Å². The van der Waals surface area contributed by atoms with Gasteiger partial charge in [0.1, 0.15) is 6.54 Å². The van der Waals surface area contributed by atoms with E-state index in [1.165, 1.54) is 7.11 Å². The normalized spacial score (nSPS) is 11.8. The molecule has 0 aromatic rings. The monoisotopic (exact) mass is 256 g/mol. The van der Waals surface area contributed by atoms with Gasteiger partial charge in [0, 0.05) is 0 Å². The Morgan fingerprint density at radius 2 is 1.75 bits per heavy atom. The third-order valence-electron chi connectivity index (χ3n) is 2.64. The molecule has 0 rings (SSSR count). The molecule has 0 aliphatic rings. The van der Waals surface area contributed by atoms with Crippen molar-refractivity contribution in [2.45, 2.75) is 20.3 Å². The largest absolute Gasteiger partial charge is 0.870 e. The summed E-state index contributed by atoms with van der Waals surface area (Å²) in [7, 11) is -2.43. The maximum Gasteiger partial charge on any atom is 0.367 e. The van der Waals surface area contributed by atoms with Crippen LogP contribution in [0.4, 0.5) is 0 Å². The molecule has 0 bridgehead atoms. The summed E-state index contributed by atoms with van der Waals surface area (Å²) in [5.41, 5.74) is 0. The number of carbonyl (C=O) groups excluding carboxylic acids is 1. The van der Waals surface area contributed by atoms with Crippen molar-refractivity contribution in [3.05, 3.63) is 0 Å². The zero-order valence-electron chi connectivity index (χ0n) is 9.84. The van der Waals surface area contributed by atoms with Crippen LogP contribution in [0.25, 0.3) is 0 Å². The number of quaternary nitrogens is 1. The molecule has 0 unspecified atom stereocenters. The van der Waals surface area contributed by atoms with Crippen molar-refractivity contribution in [1.82, 2.24) is 0 Å². The van der Waals surface area contributed by atoms with E-state index in [9.17, 15) is 13.2 Å². The van der Waals surface area contributed by atoms with Crippen molar-refractivity contribution < 1.29 is 27.3 Å². The first-order valence-electron chi connectivity index (χ1n) is 4.78. The van der Waals surface area contributed by atoms with Gasteiger partial charge in [-0.3, -0.25) is 4.79 Å². The number of esters is 1. The van der Waals surface area contributed by atoms with Crippen molar-refractivity contribution in [2.24, 2.45) is 5.14 Å². The molecule has 0 atom stereocenters. The first kappa shape index (κ1) is 17.7. The van der Waals surface area contributed by atoms with E-state index < -0.39 is 16.2 Å². The Bertz CT molecular complexity index is 310. The molecule has 0 aromatic heterocycles. The maximum absolute atomic E-state index is 11.4. The van der Waals surface area contributed by atoms with Crippen LogP contribution in [0.2, 0.25) is 0 Å². The van der Waals surface area contributed by atoms with Crippen LogP contribution in [0.5, 0.6) is 0 Å². The van der Waals surface area contributed by atoms with Gasteiger partial charge in [-0.2, -0.15) is 13.6 Å². The lowest BCUT2D eigenvalue weighted by Gasteiger charge is -2.32. The quantitative estimate of drug-likeness (QED) is 0.504. The Hall–Kier alpha value is -0.700. The third-order valence-corrected chi connectivity index (χ3v) is 4.42. The van der Waals surface area contributed by atoms with Crippen LogP contribution in [0.15, 0.2) is 0 Å². The molecule has 0 saturated carbocycles. The van der Waals surface area contributed by atoms with Gasteiger partial charge in [-0.1, -0.05) is 0 Å². The van der Waals surface area contributed by atoms with E-state index >= 15 is 0 Å². The van der Waals surface area contributed by atoms with E-state index in [1.807, 2.05) is 0 Å². The Labute approximate surface area is 96.3 Å². The van der Waals surface area contributed by atoms with E-state index in [0.717, 1.165) is 0 Å². The minimum absolute atomic E-state index is 0. The van der Waals surface area contributed by atoms with Crippen LogP contribution in [-0.2, 0) is 19.7 Å². The lowest BCUT2D eigenvalue weighted by atomic mass is 10.4. The molecule has 0 aromatic carbocycles. The fourth-order valence-electron chi connectivity index (χ4n) is 1.42. The van der Waals surface area contributed by atoms with Crippen LogP contribution in [0.3, 0.4) is 0 Å². The molecule has 0 saturated heterocycles. The van der Waals surface area contributed by atoms with Gasteiger partial charge in [-0.15, -0.1) is 0 Å². The number of hydrogen-bond acceptors (Lipinski definition) is 5. The summed E-state index contributed by atoms with van der Waals surface area (Å²) in [6.07, 6.45) is 0.0502. The summed E-state index contributed by atoms with van der Waals surface area (Å²) in [5.74, 6) is -0.428. The molecule has 16 heavy (non-hydrogen) atoms. The highest BCUT2D eigenvalue weighted by Crippen LogP contribution is 2.12. The number of nitrogens with two attached hydrogens (primary N) is 1. The third kappa shape index (κ3) is 4.05.